The Balaban J connectivity index is 2.19. The molecular weight excluding hydrogens is 198 g/mol. The smallest absolute Gasteiger partial charge is 0.246 e. The van der Waals surface area contributed by atoms with Gasteiger partial charge in [-0.15, -0.1) is 4.18 Å². The van der Waals surface area contributed by atoms with E-state index in [-0.39, 0.29) is 6.10 Å². The molecule has 1 saturated heterocycles. The SMILES string of the molecule is Cc1ccc(N2C[C@@H](C)O[S+]2[O-])cc1. The van der Waals surface area contributed by atoms with Crippen LogP contribution in [0.5, 0.6) is 0 Å². The average Bonchev–Trinajstić information content (AvgIpc) is 2.47. The van der Waals surface area contributed by atoms with Crippen molar-refractivity contribution in [2.45, 2.75) is 20.0 Å². The van der Waals surface area contributed by atoms with Crippen molar-refractivity contribution in [3.63, 3.8) is 0 Å². The summed E-state index contributed by atoms with van der Waals surface area (Å²) in [5.74, 6) is 0. The van der Waals surface area contributed by atoms with Crippen LogP contribution in [0.3, 0.4) is 0 Å². The van der Waals surface area contributed by atoms with Crippen LogP contribution in [0.2, 0.25) is 0 Å². The van der Waals surface area contributed by atoms with Crippen LogP contribution in [0.4, 0.5) is 5.69 Å². The van der Waals surface area contributed by atoms with Gasteiger partial charge < -0.3 is 4.55 Å². The van der Waals surface area contributed by atoms with Gasteiger partial charge in [0.15, 0.2) is 0 Å². The van der Waals surface area contributed by atoms with Gasteiger partial charge in [0.05, 0.1) is 12.2 Å². The summed E-state index contributed by atoms with van der Waals surface area (Å²) >= 11 is -1.31. The van der Waals surface area contributed by atoms with Crippen LogP contribution in [0.15, 0.2) is 24.3 Å². The van der Waals surface area contributed by atoms with Crippen molar-refractivity contribution >= 4 is 17.3 Å². The summed E-state index contributed by atoms with van der Waals surface area (Å²) in [6.07, 6.45) is 0.0390. The number of aryl methyl sites for hydroxylation is 1. The highest BCUT2D eigenvalue weighted by Crippen LogP contribution is 2.25. The van der Waals surface area contributed by atoms with Crippen molar-refractivity contribution in [3.8, 4) is 0 Å². The fraction of sp³-hybridized carbons (Fsp3) is 0.400. The maximum absolute atomic E-state index is 11.5. The van der Waals surface area contributed by atoms with Crippen LogP contribution in [-0.2, 0) is 15.8 Å². The van der Waals surface area contributed by atoms with Gasteiger partial charge in [-0.2, -0.15) is 4.31 Å². The fourth-order valence-corrected chi connectivity index (χ4v) is 2.49. The average molecular weight is 211 g/mol. The van der Waals surface area contributed by atoms with E-state index in [2.05, 4.69) is 0 Å². The van der Waals surface area contributed by atoms with Crippen LogP contribution in [-0.4, -0.2) is 17.2 Å². The molecule has 14 heavy (non-hydrogen) atoms. The van der Waals surface area contributed by atoms with Gasteiger partial charge >= 0.3 is 0 Å². The summed E-state index contributed by atoms with van der Waals surface area (Å²) in [6.45, 7) is 4.64. The summed E-state index contributed by atoms with van der Waals surface area (Å²) < 4.78 is 18.4. The predicted octanol–water partition coefficient (Wildman–Crippen LogP) is 1.80. The summed E-state index contributed by atoms with van der Waals surface area (Å²) in [5.41, 5.74) is 2.16. The molecule has 1 aliphatic heterocycles. The van der Waals surface area contributed by atoms with Crippen LogP contribution < -0.4 is 4.31 Å². The molecule has 0 spiro atoms. The Bertz CT molecular complexity index is 314. The molecule has 1 aromatic carbocycles. The normalized spacial score (nSPS) is 26.9. The monoisotopic (exact) mass is 211 g/mol. The van der Waals surface area contributed by atoms with Gasteiger partial charge in [-0.05, 0) is 26.0 Å². The molecule has 2 rings (SSSR count). The van der Waals surface area contributed by atoms with E-state index in [1.807, 2.05) is 38.1 Å². The summed E-state index contributed by atoms with van der Waals surface area (Å²) in [7, 11) is 0. The number of nitrogens with zero attached hydrogens (tertiary/aromatic N) is 1. The van der Waals surface area contributed by atoms with E-state index >= 15 is 0 Å². The van der Waals surface area contributed by atoms with Crippen molar-refractivity contribution in [2.24, 2.45) is 0 Å². The molecule has 0 radical (unpaired) electrons. The molecule has 4 heteroatoms. The Hall–Kier alpha value is -0.710. The molecule has 0 amide bonds. The molecule has 1 fully saturated rings. The highest BCUT2D eigenvalue weighted by atomic mass is 32.2. The topological polar surface area (TPSA) is 35.5 Å². The van der Waals surface area contributed by atoms with Crippen molar-refractivity contribution in [3.05, 3.63) is 29.8 Å². The van der Waals surface area contributed by atoms with Crippen molar-refractivity contribution < 1.29 is 8.74 Å². The molecule has 0 saturated carbocycles. The minimum atomic E-state index is -1.31. The largest absolute Gasteiger partial charge is 0.560 e. The maximum atomic E-state index is 11.5. The van der Waals surface area contributed by atoms with Gasteiger partial charge in [0.1, 0.15) is 6.10 Å². The zero-order valence-electron chi connectivity index (χ0n) is 8.27. The number of benzene rings is 1. The van der Waals surface area contributed by atoms with Gasteiger partial charge in [0.2, 0.25) is 11.6 Å². The molecule has 1 aliphatic rings. The zero-order valence-corrected chi connectivity index (χ0v) is 9.08. The highest BCUT2D eigenvalue weighted by molar-refractivity contribution is 7.88. The van der Waals surface area contributed by atoms with Crippen molar-refractivity contribution in [2.75, 3.05) is 10.8 Å². The van der Waals surface area contributed by atoms with Crippen LogP contribution in [0, 0.1) is 6.92 Å². The Kier molecular flexibility index (Phi) is 2.67. The van der Waals surface area contributed by atoms with E-state index in [1.165, 1.54) is 5.56 Å². The van der Waals surface area contributed by atoms with E-state index in [9.17, 15) is 4.55 Å². The molecule has 76 valence electrons. The highest BCUT2D eigenvalue weighted by Gasteiger charge is 2.35. The third-order valence-corrected chi connectivity index (χ3v) is 3.38. The van der Waals surface area contributed by atoms with Gasteiger partial charge in [0, 0.05) is 0 Å². The van der Waals surface area contributed by atoms with Crippen LogP contribution in [0.25, 0.3) is 0 Å². The Labute approximate surface area is 87.2 Å². The first-order valence-electron chi connectivity index (χ1n) is 4.60. The van der Waals surface area contributed by atoms with Gasteiger partial charge in [-0.1, -0.05) is 17.7 Å². The lowest BCUT2D eigenvalue weighted by molar-refractivity contribution is 0.269. The Morgan fingerprint density at radius 2 is 2.07 bits per heavy atom. The number of rotatable bonds is 1. The van der Waals surface area contributed by atoms with Crippen molar-refractivity contribution in [1.29, 1.82) is 0 Å². The molecule has 3 nitrogen and oxygen atoms in total. The maximum Gasteiger partial charge on any atom is 0.246 e. The predicted molar refractivity (Wildman–Crippen MR) is 57.2 cm³/mol. The van der Waals surface area contributed by atoms with E-state index in [0.29, 0.717) is 6.54 Å². The van der Waals surface area contributed by atoms with E-state index in [4.69, 9.17) is 4.18 Å². The minimum Gasteiger partial charge on any atom is -0.560 e. The first kappa shape index (κ1) is 9.83. The standard InChI is InChI=1S/C10H13NO2S/c1-8-3-5-10(6-4-8)11-7-9(2)13-14(11)12/h3-6,9H,7H2,1-2H3/t9-,14?/m1/s1. The van der Waals surface area contributed by atoms with E-state index < -0.39 is 11.6 Å². The molecule has 1 heterocycles. The van der Waals surface area contributed by atoms with Gasteiger partial charge in [-0.25, -0.2) is 0 Å². The van der Waals surface area contributed by atoms with Gasteiger partial charge in [-0.3, -0.25) is 0 Å². The first-order valence-corrected chi connectivity index (χ1v) is 5.63. The molecule has 1 unspecified atom stereocenters. The van der Waals surface area contributed by atoms with Gasteiger partial charge in [0.25, 0.3) is 0 Å². The number of hydrogen-bond donors (Lipinski definition) is 0. The molecule has 0 bridgehead atoms. The minimum absolute atomic E-state index is 0.0390. The second-order valence-corrected chi connectivity index (χ2v) is 4.59. The second-order valence-electron chi connectivity index (χ2n) is 3.52. The summed E-state index contributed by atoms with van der Waals surface area (Å²) in [6, 6.07) is 7.95. The zero-order chi connectivity index (χ0) is 10.1. The Morgan fingerprint density at radius 1 is 1.43 bits per heavy atom. The van der Waals surface area contributed by atoms with Crippen LogP contribution in [0.1, 0.15) is 12.5 Å². The molecule has 0 N–H and O–H groups in total. The lowest BCUT2D eigenvalue weighted by atomic mass is 10.2. The lowest BCUT2D eigenvalue weighted by Gasteiger charge is -2.14. The summed E-state index contributed by atoms with van der Waals surface area (Å²) in [4.78, 5) is 0. The summed E-state index contributed by atoms with van der Waals surface area (Å²) in [5, 5.41) is 0. The molecule has 1 aromatic rings. The Morgan fingerprint density at radius 3 is 2.57 bits per heavy atom. The third kappa shape index (κ3) is 1.87. The molecular formula is C10H13NO2S. The van der Waals surface area contributed by atoms with Crippen molar-refractivity contribution in [1.82, 2.24) is 0 Å². The number of hydrogen-bond acceptors (Lipinski definition) is 3. The fourth-order valence-electron chi connectivity index (χ4n) is 1.42. The lowest BCUT2D eigenvalue weighted by Crippen LogP contribution is -2.25. The number of anilines is 1. The van der Waals surface area contributed by atoms with E-state index in [0.717, 1.165) is 5.69 Å². The molecule has 0 aromatic heterocycles. The third-order valence-electron chi connectivity index (χ3n) is 2.17. The second kappa shape index (κ2) is 3.81. The first-order chi connectivity index (χ1) is 6.66. The van der Waals surface area contributed by atoms with Crippen LogP contribution >= 0.6 is 0 Å². The molecule has 2 atom stereocenters. The van der Waals surface area contributed by atoms with E-state index in [1.54, 1.807) is 4.31 Å². The quantitative estimate of drug-likeness (QED) is 0.664. The molecule has 0 aliphatic carbocycles.